The van der Waals surface area contributed by atoms with Crippen LogP contribution in [0.1, 0.15) is 12.8 Å². The van der Waals surface area contributed by atoms with Crippen molar-refractivity contribution in [1.82, 2.24) is 10.4 Å². The average molecular weight is 112 g/mol. The van der Waals surface area contributed by atoms with E-state index in [1.54, 1.807) is 0 Å². The van der Waals surface area contributed by atoms with Crippen molar-refractivity contribution in [2.24, 2.45) is 5.92 Å². The van der Waals surface area contributed by atoms with E-state index in [4.69, 9.17) is 0 Å². The number of nitrogens with zero attached hydrogens (tertiary/aromatic N) is 1. The molecule has 8 heavy (non-hydrogen) atoms. The monoisotopic (exact) mass is 112 g/mol. The summed E-state index contributed by atoms with van der Waals surface area (Å²) in [5.41, 5.74) is 3.35. The molecule has 0 spiro atoms. The van der Waals surface area contributed by atoms with Gasteiger partial charge in [0.15, 0.2) is 0 Å². The summed E-state index contributed by atoms with van der Waals surface area (Å²) in [4.78, 5) is 0. The summed E-state index contributed by atoms with van der Waals surface area (Å²) >= 11 is 0. The highest BCUT2D eigenvalue weighted by atomic mass is 15.5. The third kappa shape index (κ3) is 0.644. The molecule has 0 aromatic heterocycles. The van der Waals surface area contributed by atoms with Crippen LogP contribution in [0.15, 0.2) is 0 Å². The summed E-state index contributed by atoms with van der Waals surface area (Å²) in [6.45, 7) is 3.80. The van der Waals surface area contributed by atoms with Crippen LogP contribution in [-0.4, -0.2) is 19.6 Å². The van der Waals surface area contributed by atoms with Crippen molar-refractivity contribution in [2.75, 3.05) is 19.6 Å². The highest BCUT2D eigenvalue weighted by Crippen LogP contribution is 2.17. The molecule has 45 valence electrons. The molecule has 0 saturated carbocycles. The molecule has 0 amide bonds. The Labute approximate surface area is 49.8 Å². The molecule has 0 unspecified atom stereocenters. The zero-order valence-corrected chi connectivity index (χ0v) is 5.06. The molecule has 0 atom stereocenters. The lowest BCUT2D eigenvalue weighted by molar-refractivity contribution is 0.142. The predicted octanol–water partition coefficient (Wildman–Crippen LogP) is 0.0547. The van der Waals surface area contributed by atoms with Gasteiger partial charge in [-0.3, -0.25) is 0 Å². The number of hydrogen-bond acceptors (Lipinski definition) is 2. The first kappa shape index (κ1) is 4.77. The van der Waals surface area contributed by atoms with Crippen molar-refractivity contribution in [1.29, 1.82) is 0 Å². The van der Waals surface area contributed by atoms with Gasteiger partial charge in [0, 0.05) is 12.8 Å². The summed E-state index contributed by atoms with van der Waals surface area (Å²) in [5.74, 6) is 1.000. The van der Waals surface area contributed by atoms with Gasteiger partial charge in [0.05, 0.1) is 6.54 Å². The SMILES string of the molecule is C1C[N+]2CCC1CN2. The minimum Gasteiger partial charge on any atom is -0.118 e. The second-order valence-electron chi connectivity index (χ2n) is 2.79. The van der Waals surface area contributed by atoms with Crippen LogP contribution < -0.4 is 10.4 Å². The Morgan fingerprint density at radius 1 is 1.25 bits per heavy atom. The number of piperidine rings is 1. The largest absolute Gasteiger partial charge is 0.145 e. The molecule has 0 aromatic carbocycles. The maximum absolute atomic E-state index is 3.35. The lowest BCUT2D eigenvalue weighted by Gasteiger charge is -2.30. The molecule has 1 N–H and O–H groups in total. The number of nitrogens with one attached hydrogen (secondary N) is 1. The van der Waals surface area contributed by atoms with Gasteiger partial charge in [-0.15, -0.1) is 5.43 Å². The van der Waals surface area contributed by atoms with E-state index in [1.807, 2.05) is 0 Å². The van der Waals surface area contributed by atoms with Crippen molar-refractivity contribution in [2.45, 2.75) is 12.8 Å². The molecule has 1 radical (unpaired) electrons. The lowest BCUT2D eigenvalue weighted by Crippen LogP contribution is -2.57. The minimum absolute atomic E-state index is 1.000. The fourth-order valence-corrected chi connectivity index (χ4v) is 1.55. The van der Waals surface area contributed by atoms with Gasteiger partial charge in [-0.25, -0.2) is 0 Å². The van der Waals surface area contributed by atoms with Crippen molar-refractivity contribution in [3.63, 3.8) is 0 Å². The van der Waals surface area contributed by atoms with Gasteiger partial charge in [0.25, 0.3) is 0 Å². The zero-order valence-electron chi connectivity index (χ0n) is 5.06. The molecule has 2 bridgehead atoms. The normalized spacial score (nSPS) is 45.0. The number of rotatable bonds is 0. The van der Waals surface area contributed by atoms with Crippen LogP contribution in [0.5, 0.6) is 0 Å². The van der Waals surface area contributed by atoms with E-state index >= 15 is 0 Å². The Morgan fingerprint density at radius 3 is 2.12 bits per heavy atom. The molecule has 3 saturated heterocycles. The van der Waals surface area contributed by atoms with E-state index < -0.39 is 0 Å². The van der Waals surface area contributed by atoms with Gasteiger partial charge in [-0.2, -0.15) is 0 Å². The smallest absolute Gasteiger partial charge is 0.118 e. The summed E-state index contributed by atoms with van der Waals surface area (Å²) in [7, 11) is 0. The van der Waals surface area contributed by atoms with Crippen molar-refractivity contribution >= 4 is 0 Å². The van der Waals surface area contributed by atoms with Crippen LogP contribution in [0, 0.1) is 5.92 Å². The standard InChI is InChI=1S/C6H12N2/c1-3-8-4-2-6(1)5-7-8/h6-7H,1-5H2/q+1. The van der Waals surface area contributed by atoms with Crippen LogP contribution >= 0.6 is 0 Å². The summed E-state index contributed by atoms with van der Waals surface area (Å²) < 4.78 is 0. The third-order valence-electron chi connectivity index (χ3n) is 2.22. The van der Waals surface area contributed by atoms with E-state index in [0.29, 0.717) is 0 Å². The highest BCUT2D eigenvalue weighted by molar-refractivity contribution is 4.80. The quantitative estimate of drug-likeness (QED) is 0.438. The Hall–Kier alpha value is -0.0800. The second kappa shape index (κ2) is 1.71. The summed E-state index contributed by atoms with van der Waals surface area (Å²) in [6, 6.07) is 0. The topological polar surface area (TPSA) is 17.9 Å². The van der Waals surface area contributed by atoms with Crippen molar-refractivity contribution < 1.29 is 0 Å². The number of hydrazine groups is 1. The molecule has 3 aliphatic rings. The Bertz CT molecular complexity index is 61.5. The van der Waals surface area contributed by atoms with Crippen LogP contribution in [0.3, 0.4) is 0 Å². The van der Waals surface area contributed by atoms with Gasteiger partial charge >= 0.3 is 0 Å². The molecular weight excluding hydrogens is 100 g/mol. The van der Waals surface area contributed by atoms with Crippen LogP contribution in [-0.2, 0) is 0 Å². The average Bonchev–Trinajstić information content (AvgIpc) is 1.92. The second-order valence-corrected chi connectivity index (χ2v) is 2.79. The van der Waals surface area contributed by atoms with Crippen LogP contribution in [0.4, 0.5) is 0 Å². The van der Waals surface area contributed by atoms with E-state index in [0.717, 1.165) is 5.92 Å². The first-order chi connectivity index (χ1) is 3.95. The number of hydrogen-bond donors (Lipinski definition) is 1. The van der Waals surface area contributed by atoms with Gasteiger partial charge in [-0.1, -0.05) is 5.01 Å². The van der Waals surface area contributed by atoms with Crippen molar-refractivity contribution in [3.8, 4) is 0 Å². The van der Waals surface area contributed by atoms with Crippen molar-refractivity contribution in [3.05, 3.63) is 0 Å². The first-order valence-corrected chi connectivity index (χ1v) is 3.43. The third-order valence-corrected chi connectivity index (χ3v) is 2.22. The van der Waals surface area contributed by atoms with Gasteiger partial charge in [0.1, 0.15) is 13.1 Å². The zero-order chi connectivity index (χ0) is 5.40. The molecule has 2 heteroatoms. The predicted molar refractivity (Wildman–Crippen MR) is 32.6 cm³/mol. The highest BCUT2D eigenvalue weighted by Gasteiger charge is 2.32. The minimum atomic E-state index is 1.000. The lowest BCUT2D eigenvalue weighted by atomic mass is 9.96. The Morgan fingerprint density at radius 2 is 2.00 bits per heavy atom. The molecule has 3 heterocycles. The fraction of sp³-hybridized carbons (Fsp3) is 1.00. The van der Waals surface area contributed by atoms with Crippen LogP contribution in [0.2, 0.25) is 0 Å². The first-order valence-electron chi connectivity index (χ1n) is 3.43. The summed E-state index contributed by atoms with van der Waals surface area (Å²) in [6.07, 6.45) is 2.85. The van der Waals surface area contributed by atoms with E-state index in [2.05, 4.69) is 10.4 Å². The summed E-state index contributed by atoms with van der Waals surface area (Å²) in [5, 5.41) is 2.33. The molecule has 3 fully saturated rings. The molecular formula is C6H12N2+. The maximum atomic E-state index is 3.35. The van der Waals surface area contributed by atoms with E-state index in [9.17, 15) is 0 Å². The van der Waals surface area contributed by atoms with Crippen LogP contribution in [0.25, 0.3) is 0 Å². The molecule has 3 rings (SSSR count). The molecule has 2 nitrogen and oxygen atoms in total. The fourth-order valence-electron chi connectivity index (χ4n) is 1.55. The molecule has 0 aliphatic carbocycles. The molecule has 0 aromatic rings. The Balaban J connectivity index is 2.03. The Kier molecular flexibility index (Phi) is 1.02. The van der Waals surface area contributed by atoms with Gasteiger partial charge in [-0.05, 0) is 5.92 Å². The van der Waals surface area contributed by atoms with Gasteiger partial charge < -0.3 is 0 Å². The maximum Gasteiger partial charge on any atom is 0.145 e. The van der Waals surface area contributed by atoms with Gasteiger partial charge in [0.2, 0.25) is 0 Å². The molecule has 3 aliphatic heterocycles. The van der Waals surface area contributed by atoms with E-state index in [1.165, 1.54) is 32.5 Å². The van der Waals surface area contributed by atoms with E-state index in [-0.39, 0.29) is 0 Å². The number of fused-ring (bicyclic) bond motifs is 3.